The molecule has 2 aromatic heterocycles. The predicted molar refractivity (Wildman–Crippen MR) is 117 cm³/mol. The Morgan fingerprint density at radius 3 is 2.67 bits per heavy atom. The van der Waals surface area contributed by atoms with Gasteiger partial charge >= 0.3 is 0 Å². The van der Waals surface area contributed by atoms with Crippen LogP contribution >= 0.6 is 0 Å². The van der Waals surface area contributed by atoms with Crippen molar-refractivity contribution in [2.45, 2.75) is 19.4 Å². The number of benzene rings is 1. The van der Waals surface area contributed by atoms with E-state index in [2.05, 4.69) is 38.0 Å². The molecule has 1 aliphatic heterocycles. The number of hydrogen-bond acceptors (Lipinski definition) is 6. The molecular weight excluding hydrogens is 378 g/mol. The van der Waals surface area contributed by atoms with E-state index >= 15 is 0 Å². The highest BCUT2D eigenvalue weighted by molar-refractivity contribution is 5.86. The van der Waals surface area contributed by atoms with Crippen LogP contribution in [0.1, 0.15) is 18.4 Å². The molecule has 0 unspecified atom stereocenters. The van der Waals surface area contributed by atoms with Crippen LogP contribution in [0.3, 0.4) is 0 Å². The molecule has 1 saturated carbocycles. The molecule has 156 valence electrons. The molecule has 2 aliphatic rings. The summed E-state index contributed by atoms with van der Waals surface area (Å²) in [5, 5.41) is 0.989. The number of ether oxygens (including phenoxy) is 1. The van der Waals surface area contributed by atoms with Gasteiger partial charge in [-0.25, -0.2) is 9.97 Å². The molecule has 7 nitrogen and oxygen atoms in total. The first-order chi connectivity index (χ1) is 14.7. The Kier molecular flexibility index (Phi) is 5.12. The van der Waals surface area contributed by atoms with Crippen LogP contribution in [-0.2, 0) is 13.6 Å². The monoisotopic (exact) mass is 405 g/mol. The van der Waals surface area contributed by atoms with Crippen LogP contribution in [0.25, 0.3) is 10.9 Å². The van der Waals surface area contributed by atoms with E-state index < -0.39 is 0 Å². The van der Waals surface area contributed by atoms with Crippen LogP contribution in [0.5, 0.6) is 5.88 Å². The lowest BCUT2D eigenvalue weighted by molar-refractivity contribution is 0.249. The van der Waals surface area contributed by atoms with Gasteiger partial charge in [0.15, 0.2) is 0 Å². The molecule has 5 rings (SSSR count). The molecule has 1 aliphatic carbocycles. The van der Waals surface area contributed by atoms with Gasteiger partial charge in [0, 0.05) is 57.7 Å². The van der Waals surface area contributed by atoms with Crippen LogP contribution in [0.2, 0.25) is 0 Å². The van der Waals surface area contributed by atoms with Gasteiger partial charge in [-0.3, -0.25) is 9.69 Å². The second-order valence-electron chi connectivity index (χ2n) is 8.38. The summed E-state index contributed by atoms with van der Waals surface area (Å²) < 4.78 is 7.63. The number of aromatic nitrogens is 3. The molecular formula is C23H27N5O2. The first kappa shape index (κ1) is 19.1. The van der Waals surface area contributed by atoms with E-state index in [1.165, 1.54) is 24.1 Å². The quantitative estimate of drug-likeness (QED) is 0.628. The highest BCUT2D eigenvalue weighted by atomic mass is 16.5. The van der Waals surface area contributed by atoms with Crippen LogP contribution < -0.4 is 15.2 Å². The largest absolute Gasteiger partial charge is 0.477 e. The van der Waals surface area contributed by atoms with Crippen molar-refractivity contribution in [1.82, 2.24) is 19.4 Å². The first-order valence-electron chi connectivity index (χ1n) is 10.7. The average molecular weight is 406 g/mol. The Hall–Kier alpha value is -2.93. The molecule has 3 aromatic rings. The van der Waals surface area contributed by atoms with Crippen molar-refractivity contribution >= 4 is 16.6 Å². The summed E-state index contributed by atoms with van der Waals surface area (Å²) in [4.78, 5) is 25.2. The topological polar surface area (TPSA) is 63.5 Å². The number of aryl methyl sites for hydroxylation is 1. The fourth-order valence-electron chi connectivity index (χ4n) is 3.98. The number of pyridine rings is 1. The van der Waals surface area contributed by atoms with Gasteiger partial charge in [0.25, 0.3) is 0 Å². The zero-order valence-electron chi connectivity index (χ0n) is 17.3. The minimum atomic E-state index is 0.0318. The van der Waals surface area contributed by atoms with Crippen LogP contribution in [0.4, 0.5) is 5.69 Å². The molecule has 1 aromatic carbocycles. The number of hydrogen-bond donors (Lipinski definition) is 0. The summed E-state index contributed by atoms with van der Waals surface area (Å²) >= 11 is 0. The van der Waals surface area contributed by atoms with Crippen molar-refractivity contribution in [3.8, 4) is 5.88 Å². The Bertz CT molecular complexity index is 1100. The molecule has 30 heavy (non-hydrogen) atoms. The number of fused-ring (bicyclic) bond motifs is 1. The molecule has 7 heteroatoms. The third-order valence-electron chi connectivity index (χ3n) is 6.03. The van der Waals surface area contributed by atoms with Crippen molar-refractivity contribution < 1.29 is 4.74 Å². The summed E-state index contributed by atoms with van der Waals surface area (Å²) in [6, 6.07) is 9.95. The maximum atomic E-state index is 11.6. The minimum Gasteiger partial charge on any atom is -0.477 e. The molecule has 3 heterocycles. The summed E-state index contributed by atoms with van der Waals surface area (Å²) in [6.07, 6.45) is 6.04. The van der Waals surface area contributed by atoms with E-state index in [4.69, 9.17) is 4.74 Å². The number of piperazine rings is 1. The SMILES string of the molecule is Cn1cc(CN2CCN(c3ccc4ncnc(OCC5CC5)c4c3)CC2)ccc1=O. The van der Waals surface area contributed by atoms with Crippen LogP contribution in [-0.4, -0.2) is 52.2 Å². The van der Waals surface area contributed by atoms with E-state index in [1.807, 2.05) is 12.3 Å². The van der Waals surface area contributed by atoms with Crippen LogP contribution in [0.15, 0.2) is 47.7 Å². The Labute approximate surface area is 175 Å². The lowest BCUT2D eigenvalue weighted by Gasteiger charge is -2.36. The van der Waals surface area contributed by atoms with Gasteiger partial charge in [-0.1, -0.05) is 6.07 Å². The first-order valence-corrected chi connectivity index (χ1v) is 10.7. The van der Waals surface area contributed by atoms with Crippen molar-refractivity contribution in [1.29, 1.82) is 0 Å². The number of rotatable bonds is 6. The summed E-state index contributed by atoms with van der Waals surface area (Å²) in [5.41, 5.74) is 3.32. The van der Waals surface area contributed by atoms with Crippen LogP contribution in [0, 0.1) is 5.92 Å². The van der Waals surface area contributed by atoms with E-state index in [9.17, 15) is 4.79 Å². The van der Waals surface area contributed by atoms with Crippen molar-refractivity contribution in [2.24, 2.45) is 13.0 Å². The normalized spacial score (nSPS) is 17.4. The fourth-order valence-corrected chi connectivity index (χ4v) is 3.98. The van der Waals surface area contributed by atoms with Crippen molar-refractivity contribution in [3.63, 3.8) is 0 Å². The highest BCUT2D eigenvalue weighted by Crippen LogP contribution is 2.32. The summed E-state index contributed by atoms with van der Waals surface area (Å²) in [6.45, 7) is 5.51. The molecule has 0 radical (unpaired) electrons. The third-order valence-corrected chi connectivity index (χ3v) is 6.03. The van der Waals surface area contributed by atoms with E-state index in [0.717, 1.165) is 50.2 Å². The lowest BCUT2D eigenvalue weighted by atomic mass is 10.1. The standard InChI is InChI=1S/C23H27N5O2/c1-26-13-18(4-7-22(26)29)14-27-8-10-28(11-9-27)19-5-6-21-20(12-19)23(25-16-24-21)30-15-17-2-3-17/h4-7,12-13,16-17H,2-3,8-11,14-15H2,1H3. The zero-order chi connectivity index (χ0) is 20.5. The minimum absolute atomic E-state index is 0.0318. The van der Waals surface area contributed by atoms with Crippen molar-refractivity contribution in [2.75, 3.05) is 37.7 Å². The van der Waals surface area contributed by atoms with E-state index in [-0.39, 0.29) is 5.56 Å². The predicted octanol–water partition coefficient (Wildman–Crippen LogP) is 2.44. The average Bonchev–Trinajstić information content (AvgIpc) is 3.60. The Balaban J connectivity index is 1.26. The highest BCUT2D eigenvalue weighted by Gasteiger charge is 2.23. The van der Waals surface area contributed by atoms with Gasteiger partial charge < -0.3 is 14.2 Å². The lowest BCUT2D eigenvalue weighted by Crippen LogP contribution is -2.46. The molecule has 0 amide bonds. The van der Waals surface area contributed by atoms with Gasteiger partial charge in [-0.2, -0.15) is 0 Å². The second-order valence-corrected chi connectivity index (χ2v) is 8.38. The molecule has 0 atom stereocenters. The zero-order valence-corrected chi connectivity index (χ0v) is 17.3. The molecule has 0 N–H and O–H groups in total. The van der Waals surface area contributed by atoms with E-state index in [1.54, 1.807) is 24.0 Å². The van der Waals surface area contributed by atoms with Gasteiger partial charge in [0.2, 0.25) is 11.4 Å². The maximum Gasteiger partial charge on any atom is 0.250 e. The Morgan fingerprint density at radius 1 is 1.07 bits per heavy atom. The second kappa shape index (κ2) is 8.07. The third kappa shape index (κ3) is 4.16. The van der Waals surface area contributed by atoms with Gasteiger partial charge in [0.1, 0.15) is 6.33 Å². The van der Waals surface area contributed by atoms with Gasteiger partial charge in [-0.05, 0) is 42.5 Å². The smallest absolute Gasteiger partial charge is 0.250 e. The molecule has 2 fully saturated rings. The maximum absolute atomic E-state index is 11.6. The summed E-state index contributed by atoms with van der Waals surface area (Å²) in [7, 11) is 1.80. The van der Waals surface area contributed by atoms with Gasteiger partial charge in [0.05, 0.1) is 17.5 Å². The van der Waals surface area contributed by atoms with Crippen molar-refractivity contribution in [3.05, 3.63) is 58.8 Å². The fraction of sp³-hybridized carbons (Fsp3) is 0.435. The Morgan fingerprint density at radius 2 is 1.90 bits per heavy atom. The number of anilines is 1. The van der Waals surface area contributed by atoms with Gasteiger partial charge in [-0.15, -0.1) is 0 Å². The van der Waals surface area contributed by atoms with E-state index in [0.29, 0.717) is 11.8 Å². The molecule has 1 saturated heterocycles. The summed E-state index contributed by atoms with van der Waals surface area (Å²) in [5.74, 6) is 1.39. The molecule has 0 spiro atoms. The number of nitrogens with zero attached hydrogens (tertiary/aromatic N) is 5. The molecule has 0 bridgehead atoms.